The molecule has 138 valence electrons. The van der Waals surface area contributed by atoms with Gasteiger partial charge in [-0.05, 0) is 45.0 Å². The molecule has 5 heterocycles. The number of nitrogens with one attached hydrogen (secondary N) is 1. The molecule has 4 aromatic rings. The van der Waals surface area contributed by atoms with Gasteiger partial charge in [0.15, 0.2) is 17.1 Å². The van der Waals surface area contributed by atoms with Crippen LogP contribution in [0.3, 0.4) is 0 Å². The first-order chi connectivity index (χ1) is 13.1. The normalized spacial score (nSPS) is 15.8. The molecule has 1 aliphatic heterocycles. The Labute approximate surface area is 160 Å². The molecule has 0 aliphatic carbocycles. The highest BCUT2D eigenvalue weighted by molar-refractivity contribution is 6.33. The SMILES string of the molecule is Cc1cn2cc(-c3cc(F)c4nc(C5CCNCC5)cn4c3)cc(Cl)c2n1. The van der Waals surface area contributed by atoms with Crippen molar-refractivity contribution in [1.29, 1.82) is 0 Å². The van der Waals surface area contributed by atoms with Gasteiger partial charge in [0.2, 0.25) is 0 Å². The van der Waals surface area contributed by atoms with E-state index in [4.69, 9.17) is 11.6 Å². The Balaban J connectivity index is 1.61. The van der Waals surface area contributed by atoms with Crippen LogP contribution in [0.25, 0.3) is 22.4 Å². The maximum absolute atomic E-state index is 14.8. The summed E-state index contributed by atoms with van der Waals surface area (Å²) in [6, 6.07) is 3.35. The molecule has 0 spiro atoms. The number of halogens is 2. The molecule has 4 aromatic heterocycles. The number of rotatable bonds is 2. The molecule has 0 bridgehead atoms. The van der Waals surface area contributed by atoms with Crippen LogP contribution < -0.4 is 5.32 Å². The number of aromatic nitrogens is 4. The third-order valence-corrected chi connectivity index (χ3v) is 5.52. The fraction of sp³-hybridized carbons (Fsp3) is 0.300. The monoisotopic (exact) mass is 383 g/mol. The predicted octanol–water partition coefficient (Wildman–Crippen LogP) is 4.22. The highest BCUT2D eigenvalue weighted by Gasteiger charge is 2.20. The van der Waals surface area contributed by atoms with Gasteiger partial charge in [-0.25, -0.2) is 14.4 Å². The molecule has 0 aromatic carbocycles. The lowest BCUT2D eigenvalue weighted by molar-refractivity contribution is 0.454. The van der Waals surface area contributed by atoms with Crippen LogP contribution in [-0.2, 0) is 0 Å². The Morgan fingerprint density at radius 1 is 1.00 bits per heavy atom. The van der Waals surface area contributed by atoms with E-state index in [1.54, 1.807) is 4.40 Å². The van der Waals surface area contributed by atoms with Crippen molar-refractivity contribution in [1.82, 2.24) is 24.1 Å². The molecule has 0 atom stereocenters. The average molecular weight is 384 g/mol. The zero-order valence-electron chi connectivity index (χ0n) is 14.9. The van der Waals surface area contributed by atoms with Crippen molar-refractivity contribution in [3.8, 4) is 11.1 Å². The number of fused-ring (bicyclic) bond motifs is 2. The van der Waals surface area contributed by atoms with Crippen molar-refractivity contribution < 1.29 is 4.39 Å². The van der Waals surface area contributed by atoms with E-state index in [0.717, 1.165) is 48.4 Å². The minimum atomic E-state index is -0.328. The molecule has 1 saturated heterocycles. The van der Waals surface area contributed by atoms with Crippen LogP contribution in [0, 0.1) is 12.7 Å². The number of hydrogen-bond donors (Lipinski definition) is 1. The number of imidazole rings is 2. The summed E-state index contributed by atoms with van der Waals surface area (Å²) >= 11 is 6.39. The predicted molar refractivity (Wildman–Crippen MR) is 104 cm³/mol. The van der Waals surface area contributed by atoms with E-state index in [0.29, 0.717) is 22.2 Å². The minimum absolute atomic E-state index is 0.328. The van der Waals surface area contributed by atoms with Gasteiger partial charge in [0.25, 0.3) is 0 Å². The van der Waals surface area contributed by atoms with Gasteiger partial charge in [-0.15, -0.1) is 0 Å². The van der Waals surface area contributed by atoms with E-state index in [2.05, 4.69) is 15.3 Å². The summed E-state index contributed by atoms with van der Waals surface area (Å²) in [6.45, 7) is 3.88. The smallest absolute Gasteiger partial charge is 0.173 e. The van der Waals surface area contributed by atoms with Gasteiger partial charge in [0, 0.05) is 41.8 Å². The first kappa shape index (κ1) is 16.7. The Hall–Kier alpha value is -2.44. The molecule has 5 rings (SSSR count). The maximum Gasteiger partial charge on any atom is 0.173 e. The minimum Gasteiger partial charge on any atom is -0.317 e. The molecule has 0 radical (unpaired) electrons. The van der Waals surface area contributed by atoms with Gasteiger partial charge >= 0.3 is 0 Å². The van der Waals surface area contributed by atoms with Crippen LogP contribution in [0.4, 0.5) is 4.39 Å². The first-order valence-electron chi connectivity index (χ1n) is 9.12. The summed E-state index contributed by atoms with van der Waals surface area (Å²) in [5, 5.41) is 3.90. The van der Waals surface area contributed by atoms with Crippen molar-refractivity contribution in [2.75, 3.05) is 13.1 Å². The lowest BCUT2D eigenvalue weighted by Crippen LogP contribution is -2.26. The standard InChI is InChI=1S/C20H19ClFN5/c1-12-8-26-9-14(6-16(21)19(26)24-12)15-7-17(22)20-25-18(11-27(20)10-15)13-2-4-23-5-3-13/h6-11,13,23H,2-5H2,1H3. The second-order valence-corrected chi connectivity index (χ2v) is 7.59. The zero-order chi connectivity index (χ0) is 18.5. The Kier molecular flexibility index (Phi) is 3.91. The van der Waals surface area contributed by atoms with Crippen molar-refractivity contribution in [3.05, 3.63) is 59.1 Å². The summed E-state index contributed by atoms with van der Waals surface area (Å²) < 4.78 is 18.5. The van der Waals surface area contributed by atoms with Gasteiger partial charge < -0.3 is 14.1 Å². The van der Waals surface area contributed by atoms with E-state index in [9.17, 15) is 4.39 Å². The van der Waals surface area contributed by atoms with Gasteiger partial charge in [0.05, 0.1) is 16.4 Å². The second-order valence-electron chi connectivity index (χ2n) is 7.19. The Morgan fingerprint density at radius 3 is 2.48 bits per heavy atom. The van der Waals surface area contributed by atoms with Crippen LogP contribution in [0.15, 0.2) is 36.9 Å². The van der Waals surface area contributed by atoms with Crippen molar-refractivity contribution in [2.45, 2.75) is 25.7 Å². The van der Waals surface area contributed by atoms with Gasteiger partial charge in [-0.1, -0.05) is 11.6 Å². The number of pyridine rings is 2. The molecule has 0 amide bonds. The van der Waals surface area contributed by atoms with Crippen LogP contribution in [0.5, 0.6) is 0 Å². The van der Waals surface area contributed by atoms with E-state index in [-0.39, 0.29) is 5.82 Å². The lowest BCUT2D eigenvalue weighted by Gasteiger charge is -2.20. The van der Waals surface area contributed by atoms with Crippen molar-refractivity contribution in [3.63, 3.8) is 0 Å². The Bertz CT molecular complexity index is 1160. The number of nitrogens with zero attached hydrogens (tertiary/aromatic N) is 4. The van der Waals surface area contributed by atoms with E-state index in [1.165, 1.54) is 6.07 Å². The van der Waals surface area contributed by atoms with E-state index in [1.807, 2.05) is 42.2 Å². The third kappa shape index (κ3) is 2.89. The molecular formula is C20H19ClFN5. The van der Waals surface area contributed by atoms with E-state index < -0.39 is 0 Å². The lowest BCUT2D eigenvalue weighted by atomic mass is 9.95. The topological polar surface area (TPSA) is 46.6 Å². The van der Waals surface area contributed by atoms with E-state index >= 15 is 0 Å². The van der Waals surface area contributed by atoms with Crippen molar-refractivity contribution >= 4 is 22.9 Å². The molecular weight excluding hydrogens is 365 g/mol. The molecule has 0 saturated carbocycles. The molecule has 27 heavy (non-hydrogen) atoms. The number of aryl methyl sites for hydroxylation is 1. The fourth-order valence-corrected chi connectivity index (χ4v) is 4.14. The van der Waals surface area contributed by atoms with Crippen LogP contribution in [-0.4, -0.2) is 31.9 Å². The molecule has 1 N–H and O–H groups in total. The number of hydrogen-bond acceptors (Lipinski definition) is 3. The highest BCUT2D eigenvalue weighted by Crippen LogP contribution is 2.30. The second kappa shape index (κ2) is 6.32. The summed E-state index contributed by atoms with van der Waals surface area (Å²) in [7, 11) is 0. The molecule has 7 heteroatoms. The van der Waals surface area contributed by atoms with Crippen molar-refractivity contribution in [2.24, 2.45) is 0 Å². The van der Waals surface area contributed by atoms with Gasteiger partial charge in [0.1, 0.15) is 0 Å². The largest absolute Gasteiger partial charge is 0.317 e. The van der Waals surface area contributed by atoms with Crippen LogP contribution in [0.2, 0.25) is 5.02 Å². The maximum atomic E-state index is 14.8. The Morgan fingerprint density at radius 2 is 1.70 bits per heavy atom. The molecule has 5 nitrogen and oxygen atoms in total. The summed E-state index contributed by atoms with van der Waals surface area (Å²) in [5.74, 6) is 0.0550. The average Bonchev–Trinajstić information content (AvgIpc) is 3.26. The highest BCUT2D eigenvalue weighted by atomic mass is 35.5. The summed E-state index contributed by atoms with van der Waals surface area (Å²) in [6.07, 6.45) is 9.77. The molecule has 0 unspecified atom stereocenters. The summed E-state index contributed by atoms with van der Waals surface area (Å²) in [5.41, 5.74) is 4.52. The molecule has 1 fully saturated rings. The fourth-order valence-electron chi connectivity index (χ4n) is 3.89. The third-order valence-electron chi connectivity index (χ3n) is 5.24. The first-order valence-corrected chi connectivity index (χ1v) is 9.50. The quantitative estimate of drug-likeness (QED) is 0.564. The van der Waals surface area contributed by atoms with Crippen LogP contribution in [0.1, 0.15) is 30.1 Å². The number of piperidine rings is 1. The van der Waals surface area contributed by atoms with Gasteiger partial charge in [-0.2, -0.15) is 0 Å². The molecule has 1 aliphatic rings. The zero-order valence-corrected chi connectivity index (χ0v) is 15.7. The summed E-state index contributed by atoms with van der Waals surface area (Å²) in [4.78, 5) is 8.97. The van der Waals surface area contributed by atoms with Gasteiger partial charge in [-0.3, -0.25) is 0 Å². The van der Waals surface area contributed by atoms with Crippen LogP contribution >= 0.6 is 11.6 Å².